The van der Waals surface area contributed by atoms with E-state index in [0.29, 0.717) is 25.9 Å². The molecule has 0 saturated carbocycles. The summed E-state index contributed by atoms with van der Waals surface area (Å²) in [6.45, 7) is 5.26. The molecule has 2 saturated heterocycles. The van der Waals surface area contributed by atoms with E-state index in [1.165, 1.54) is 36.5 Å². The number of unbranched alkanes of at least 4 members (excludes halogenated alkanes) is 1. The topological polar surface area (TPSA) is 69.7 Å². The highest BCUT2D eigenvalue weighted by Gasteiger charge is 2.28. The average Bonchev–Trinajstić information content (AvgIpc) is 2.99. The molecule has 128 valence electrons. The Bertz CT molecular complexity index is 453. The first-order valence-electron chi connectivity index (χ1n) is 8.42. The number of sulfonamides is 1. The van der Waals surface area contributed by atoms with E-state index in [9.17, 15) is 13.2 Å². The van der Waals surface area contributed by atoms with Gasteiger partial charge in [0.2, 0.25) is 15.9 Å². The van der Waals surface area contributed by atoms with Crippen LogP contribution in [0, 0.1) is 5.92 Å². The van der Waals surface area contributed by atoms with Crippen molar-refractivity contribution in [3.8, 4) is 0 Å². The van der Waals surface area contributed by atoms with Crippen LogP contribution in [-0.4, -0.2) is 69.1 Å². The molecular formula is C15H29N3O3S. The fraction of sp³-hybridized carbons (Fsp3) is 0.933. The number of amides is 1. The van der Waals surface area contributed by atoms with Gasteiger partial charge in [-0.25, -0.2) is 12.7 Å². The Morgan fingerprint density at radius 1 is 1.09 bits per heavy atom. The summed E-state index contributed by atoms with van der Waals surface area (Å²) in [5, 5.41) is 3.01. The average molecular weight is 331 g/mol. The number of piperidine rings is 1. The van der Waals surface area contributed by atoms with Crippen molar-refractivity contribution in [3.05, 3.63) is 0 Å². The molecule has 0 atom stereocenters. The molecule has 0 unspecified atom stereocenters. The minimum absolute atomic E-state index is 0.0309. The Labute approximate surface area is 134 Å². The first-order chi connectivity index (χ1) is 10.5. The number of rotatable bonds is 7. The van der Waals surface area contributed by atoms with Crippen LogP contribution >= 0.6 is 0 Å². The van der Waals surface area contributed by atoms with Crippen molar-refractivity contribution in [2.45, 2.75) is 38.5 Å². The summed E-state index contributed by atoms with van der Waals surface area (Å²) < 4.78 is 24.3. The lowest BCUT2D eigenvalue weighted by molar-refractivity contribution is -0.126. The van der Waals surface area contributed by atoms with Gasteiger partial charge in [0.25, 0.3) is 0 Å². The standard InChI is InChI=1S/C15H29N3O3S/c1-22(20,21)18-12-6-14(7-13-18)15(19)16-8-2-3-9-17-10-4-5-11-17/h14H,2-13H2,1H3,(H,16,19). The molecule has 2 fully saturated rings. The van der Waals surface area contributed by atoms with E-state index < -0.39 is 10.0 Å². The van der Waals surface area contributed by atoms with E-state index in [1.54, 1.807) is 0 Å². The van der Waals surface area contributed by atoms with Crippen molar-refractivity contribution in [3.63, 3.8) is 0 Å². The van der Waals surface area contributed by atoms with Gasteiger partial charge in [0.15, 0.2) is 0 Å². The van der Waals surface area contributed by atoms with E-state index in [0.717, 1.165) is 25.9 Å². The number of hydrogen-bond acceptors (Lipinski definition) is 4. The number of carbonyl (C=O) groups is 1. The Morgan fingerprint density at radius 3 is 2.32 bits per heavy atom. The molecule has 2 aliphatic heterocycles. The van der Waals surface area contributed by atoms with Crippen molar-refractivity contribution >= 4 is 15.9 Å². The maximum absolute atomic E-state index is 12.1. The molecule has 2 heterocycles. The minimum Gasteiger partial charge on any atom is -0.356 e. The Morgan fingerprint density at radius 2 is 1.73 bits per heavy atom. The third-order valence-electron chi connectivity index (χ3n) is 4.69. The largest absolute Gasteiger partial charge is 0.356 e. The highest BCUT2D eigenvalue weighted by molar-refractivity contribution is 7.88. The molecular weight excluding hydrogens is 302 g/mol. The highest BCUT2D eigenvalue weighted by Crippen LogP contribution is 2.19. The molecule has 1 amide bonds. The molecule has 2 aliphatic rings. The fourth-order valence-electron chi connectivity index (χ4n) is 3.27. The van der Waals surface area contributed by atoms with Crippen LogP contribution in [0.15, 0.2) is 0 Å². The van der Waals surface area contributed by atoms with Gasteiger partial charge < -0.3 is 10.2 Å². The quantitative estimate of drug-likeness (QED) is 0.696. The molecule has 22 heavy (non-hydrogen) atoms. The van der Waals surface area contributed by atoms with Gasteiger partial charge in [-0.1, -0.05) is 0 Å². The van der Waals surface area contributed by atoms with Gasteiger partial charge in [-0.2, -0.15) is 0 Å². The van der Waals surface area contributed by atoms with Crippen LogP contribution in [-0.2, 0) is 14.8 Å². The van der Waals surface area contributed by atoms with E-state index in [4.69, 9.17) is 0 Å². The van der Waals surface area contributed by atoms with Gasteiger partial charge in [0.05, 0.1) is 6.26 Å². The van der Waals surface area contributed by atoms with Crippen molar-refractivity contribution in [1.29, 1.82) is 0 Å². The highest BCUT2D eigenvalue weighted by atomic mass is 32.2. The Hall–Kier alpha value is -0.660. The van der Waals surface area contributed by atoms with Crippen molar-refractivity contribution in [1.82, 2.24) is 14.5 Å². The Kier molecular flexibility index (Phi) is 6.65. The zero-order chi connectivity index (χ0) is 16.0. The van der Waals surface area contributed by atoms with Crippen LogP contribution < -0.4 is 5.32 Å². The zero-order valence-corrected chi connectivity index (χ0v) is 14.4. The second-order valence-electron chi connectivity index (χ2n) is 6.48. The predicted molar refractivity (Wildman–Crippen MR) is 87.1 cm³/mol. The van der Waals surface area contributed by atoms with Crippen molar-refractivity contribution in [2.24, 2.45) is 5.92 Å². The van der Waals surface area contributed by atoms with Crippen LogP contribution in [0.1, 0.15) is 38.5 Å². The van der Waals surface area contributed by atoms with Crippen LogP contribution in [0.3, 0.4) is 0 Å². The van der Waals surface area contributed by atoms with E-state index >= 15 is 0 Å². The van der Waals surface area contributed by atoms with Gasteiger partial charge in [-0.3, -0.25) is 4.79 Å². The smallest absolute Gasteiger partial charge is 0.223 e. The fourth-order valence-corrected chi connectivity index (χ4v) is 4.15. The van der Waals surface area contributed by atoms with Gasteiger partial charge in [0, 0.05) is 25.6 Å². The second-order valence-corrected chi connectivity index (χ2v) is 8.47. The van der Waals surface area contributed by atoms with E-state index in [1.807, 2.05) is 0 Å². The summed E-state index contributed by atoms with van der Waals surface area (Å²) in [6, 6.07) is 0. The third-order valence-corrected chi connectivity index (χ3v) is 6.00. The maximum atomic E-state index is 12.1. The molecule has 0 aromatic heterocycles. The summed E-state index contributed by atoms with van der Waals surface area (Å²) in [5.41, 5.74) is 0. The van der Waals surface area contributed by atoms with Gasteiger partial charge in [0.1, 0.15) is 0 Å². The summed E-state index contributed by atoms with van der Waals surface area (Å²) in [4.78, 5) is 14.6. The summed E-state index contributed by atoms with van der Waals surface area (Å²) in [5.74, 6) is 0.0610. The van der Waals surface area contributed by atoms with Gasteiger partial charge in [-0.15, -0.1) is 0 Å². The summed E-state index contributed by atoms with van der Waals surface area (Å²) in [6.07, 6.45) is 7.29. The first-order valence-corrected chi connectivity index (χ1v) is 10.3. The lowest BCUT2D eigenvalue weighted by Gasteiger charge is -2.29. The number of carbonyl (C=O) groups excluding carboxylic acids is 1. The monoisotopic (exact) mass is 331 g/mol. The third kappa shape index (κ3) is 5.52. The second kappa shape index (κ2) is 8.26. The molecule has 7 heteroatoms. The predicted octanol–water partition coefficient (Wildman–Crippen LogP) is 0.650. The van der Waals surface area contributed by atoms with E-state index in [2.05, 4.69) is 10.2 Å². The molecule has 6 nitrogen and oxygen atoms in total. The molecule has 1 N–H and O–H groups in total. The normalized spacial score (nSPS) is 22.0. The number of likely N-dealkylation sites (tertiary alicyclic amines) is 1. The SMILES string of the molecule is CS(=O)(=O)N1CCC(C(=O)NCCCCN2CCCC2)CC1. The lowest BCUT2D eigenvalue weighted by Crippen LogP contribution is -2.42. The number of hydrogen-bond donors (Lipinski definition) is 1. The van der Waals surface area contributed by atoms with Gasteiger partial charge >= 0.3 is 0 Å². The van der Waals surface area contributed by atoms with Crippen molar-refractivity contribution in [2.75, 3.05) is 45.5 Å². The molecule has 0 aromatic rings. The van der Waals surface area contributed by atoms with Crippen LogP contribution in [0.25, 0.3) is 0 Å². The van der Waals surface area contributed by atoms with E-state index in [-0.39, 0.29) is 11.8 Å². The minimum atomic E-state index is -3.11. The molecule has 2 rings (SSSR count). The van der Waals surface area contributed by atoms with Crippen molar-refractivity contribution < 1.29 is 13.2 Å². The first kappa shape index (κ1) is 17.7. The number of nitrogens with one attached hydrogen (secondary N) is 1. The molecule has 0 radical (unpaired) electrons. The van der Waals surface area contributed by atoms with Crippen LogP contribution in [0.2, 0.25) is 0 Å². The molecule has 0 spiro atoms. The van der Waals surface area contributed by atoms with Crippen LogP contribution in [0.5, 0.6) is 0 Å². The molecule has 0 aromatic carbocycles. The molecule has 0 bridgehead atoms. The lowest BCUT2D eigenvalue weighted by atomic mass is 9.97. The maximum Gasteiger partial charge on any atom is 0.223 e. The number of nitrogens with zero attached hydrogens (tertiary/aromatic N) is 2. The zero-order valence-electron chi connectivity index (χ0n) is 13.6. The molecule has 0 aliphatic carbocycles. The van der Waals surface area contributed by atoms with Gasteiger partial charge in [-0.05, 0) is 58.2 Å². The Balaban J connectivity index is 1.56. The summed E-state index contributed by atoms with van der Waals surface area (Å²) in [7, 11) is -3.11. The van der Waals surface area contributed by atoms with Crippen LogP contribution in [0.4, 0.5) is 0 Å². The summed E-state index contributed by atoms with van der Waals surface area (Å²) >= 11 is 0.